The molecule has 0 unspecified atom stereocenters. The minimum absolute atomic E-state index is 0.0145. The van der Waals surface area contributed by atoms with Crippen molar-refractivity contribution in [3.8, 4) is 0 Å². The van der Waals surface area contributed by atoms with Gasteiger partial charge in [0.15, 0.2) is 0 Å². The van der Waals surface area contributed by atoms with Gasteiger partial charge in [0.25, 0.3) is 0 Å². The minimum Gasteiger partial charge on any atom is -0.390 e. The van der Waals surface area contributed by atoms with Crippen molar-refractivity contribution in [1.82, 2.24) is 0 Å². The van der Waals surface area contributed by atoms with Gasteiger partial charge in [-0.3, -0.25) is 28.8 Å². The second-order valence-electron chi connectivity index (χ2n) is 7.02. The molecule has 194 valence electrons. The van der Waals surface area contributed by atoms with Gasteiger partial charge >= 0.3 is 48.8 Å². The summed E-state index contributed by atoms with van der Waals surface area (Å²) in [4.78, 5) is 70.8. The molecule has 0 aromatic carbocycles. The summed E-state index contributed by atoms with van der Waals surface area (Å²) >= 11 is 0. The van der Waals surface area contributed by atoms with Gasteiger partial charge in [-0.15, -0.1) is 0 Å². The molecule has 0 bridgehead atoms. The lowest BCUT2D eigenvalue weighted by Gasteiger charge is -2.19. The van der Waals surface area contributed by atoms with Gasteiger partial charge in [-0.1, -0.05) is 27.7 Å². The van der Waals surface area contributed by atoms with Crippen molar-refractivity contribution < 1.29 is 57.2 Å². The molecule has 0 heterocycles. The molecule has 0 aromatic heterocycles. The highest BCUT2D eigenvalue weighted by atomic mass is 16.9. The van der Waals surface area contributed by atoms with Crippen LogP contribution in [0.4, 0.5) is 0 Å². The van der Waals surface area contributed by atoms with E-state index in [0.29, 0.717) is 25.7 Å². The number of hydrogen-bond donors (Lipinski definition) is 0. The molecule has 0 N–H and O–H groups in total. The highest BCUT2D eigenvalue weighted by Gasteiger charge is 2.26. The van der Waals surface area contributed by atoms with Gasteiger partial charge in [0, 0.05) is 25.7 Å². The molecule has 0 amide bonds. The van der Waals surface area contributed by atoms with E-state index in [9.17, 15) is 28.8 Å². The van der Waals surface area contributed by atoms with Crippen LogP contribution >= 0.6 is 0 Å². The summed E-state index contributed by atoms with van der Waals surface area (Å²) in [6.45, 7) is 3.12. The summed E-state index contributed by atoms with van der Waals surface area (Å²) in [6, 6.07) is 0. The van der Waals surface area contributed by atoms with E-state index in [2.05, 4.69) is 0 Å². The van der Waals surface area contributed by atoms with Crippen molar-refractivity contribution in [1.29, 1.82) is 0 Å². The third kappa shape index (κ3) is 15.6. The number of ether oxygens (including phenoxy) is 6. The molecule has 34 heavy (non-hydrogen) atoms. The Morgan fingerprint density at radius 3 is 0.735 bits per heavy atom. The maximum absolute atomic E-state index is 12.1. The number of hydrogen-bond acceptors (Lipinski definition) is 12. The lowest BCUT2D eigenvalue weighted by Crippen LogP contribution is -2.31. The van der Waals surface area contributed by atoms with E-state index in [1.54, 1.807) is 27.7 Å². The summed E-state index contributed by atoms with van der Waals surface area (Å²) in [5.41, 5.74) is 0. The van der Waals surface area contributed by atoms with Crippen molar-refractivity contribution in [3.63, 3.8) is 0 Å². The fraction of sp³-hybridized carbons (Fsp3) is 0.727. The summed E-state index contributed by atoms with van der Waals surface area (Å²) in [6.07, 6.45) is 0.793. The first-order chi connectivity index (χ1) is 16.1. The Kier molecular flexibility index (Phi) is 16.6. The summed E-state index contributed by atoms with van der Waals surface area (Å²) in [7, 11) is 0. The molecule has 0 radical (unpaired) electrons. The van der Waals surface area contributed by atoms with Crippen LogP contribution in [-0.4, -0.2) is 48.8 Å². The van der Waals surface area contributed by atoms with Crippen molar-refractivity contribution in [2.75, 3.05) is 0 Å². The Morgan fingerprint density at radius 2 is 0.559 bits per heavy atom. The van der Waals surface area contributed by atoms with E-state index in [1.165, 1.54) is 0 Å². The van der Waals surface area contributed by atoms with Crippen molar-refractivity contribution in [2.24, 2.45) is 0 Å². The van der Waals surface area contributed by atoms with Gasteiger partial charge in [0.05, 0.1) is 12.8 Å². The van der Waals surface area contributed by atoms with E-state index >= 15 is 0 Å². The summed E-state index contributed by atoms with van der Waals surface area (Å²) < 4.78 is 29.0. The van der Waals surface area contributed by atoms with Gasteiger partial charge < -0.3 is 28.4 Å². The average Bonchev–Trinajstić information content (AvgIpc) is 2.72. The van der Waals surface area contributed by atoms with Crippen LogP contribution in [0, 0.1) is 0 Å². The first-order valence-corrected chi connectivity index (χ1v) is 11.3. The molecule has 0 aliphatic heterocycles. The molecule has 0 rings (SSSR count). The highest BCUT2D eigenvalue weighted by molar-refractivity contribution is 5.78. The molecule has 0 atom stereocenters. The second-order valence-corrected chi connectivity index (χ2v) is 7.02. The van der Waals surface area contributed by atoms with Crippen LogP contribution in [0.3, 0.4) is 0 Å². The molecule has 12 heteroatoms. The van der Waals surface area contributed by atoms with E-state index < -0.39 is 61.6 Å². The topological polar surface area (TPSA) is 158 Å². The van der Waals surface area contributed by atoms with Crippen molar-refractivity contribution >= 4 is 35.8 Å². The van der Waals surface area contributed by atoms with Crippen LogP contribution in [0.5, 0.6) is 0 Å². The standard InChI is InChI=1S/C22H34O12/c1-5-9-15(23)29-21(30-16(24)10-6-2)33-19(27)13-14-20(28)34-22(31-17(25)11-7-3)32-18(26)12-8-4/h21-22H,5-14H2,1-4H3. The summed E-state index contributed by atoms with van der Waals surface area (Å²) in [5, 5.41) is 0. The van der Waals surface area contributed by atoms with E-state index in [1.807, 2.05) is 0 Å². The van der Waals surface area contributed by atoms with Gasteiger partial charge in [0.1, 0.15) is 0 Å². The number of esters is 6. The largest absolute Gasteiger partial charge is 0.412 e. The third-order valence-corrected chi connectivity index (χ3v) is 3.72. The van der Waals surface area contributed by atoms with Crippen LogP contribution in [0.2, 0.25) is 0 Å². The number of carbonyl (C=O) groups excluding carboxylic acids is 6. The van der Waals surface area contributed by atoms with Crippen LogP contribution < -0.4 is 0 Å². The van der Waals surface area contributed by atoms with Gasteiger partial charge in [0.2, 0.25) is 0 Å². The van der Waals surface area contributed by atoms with Gasteiger partial charge in [-0.25, -0.2) is 0 Å². The zero-order chi connectivity index (χ0) is 25.9. The Hall–Kier alpha value is -3.18. The number of rotatable bonds is 17. The second kappa shape index (κ2) is 18.3. The molecule has 0 aliphatic carbocycles. The molecule has 0 saturated carbocycles. The maximum atomic E-state index is 12.1. The first kappa shape index (κ1) is 30.8. The molecule has 0 spiro atoms. The van der Waals surface area contributed by atoms with Crippen LogP contribution in [-0.2, 0) is 57.2 Å². The highest BCUT2D eigenvalue weighted by Crippen LogP contribution is 2.10. The number of carbonyl (C=O) groups is 6. The molecule has 0 aromatic rings. The van der Waals surface area contributed by atoms with E-state index in [4.69, 9.17) is 28.4 Å². The zero-order valence-electron chi connectivity index (χ0n) is 20.1. The molecular formula is C22H34O12. The predicted octanol–water partition coefficient (Wildman–Crippen LogP) is 2.79. The lowest BCUT2D eigenvalue weighted by molar-refractivity contribution is -0.262. The van der Waals surface area contributed by atoms with Crippen LogP contribution in [0.25, 0.3) is 0 Å². The maximum Gasteiger partial charge on any atom is 0.412 e. The van der Waals surface area contributed by atoms with E-state index in [-0.39, 0.29) is 25.7 Å². The molecule has 0 aliphatic rings. The monoisotopic (exact) mass is 490 g/mol. The minimum atomic E-state index is -1.89. The molecule has 12 nitrogen and oxygen atoms in total. The fourth-order valence-electron chi connectivity index (χ4n) is 2.16. The third-order valence-electron chi connectivity index (χ3n) is 3.72. The summed E-state index contributed by atoms with van der Waals surface area (Å²) in [5.74, 6) is -5.02. The Morgan fingerprint density at radius 1 is 0.382 bits per heavy atom. The van der Waals surface area contributed by atoms with Gasteiger partial charge in [-0.05, 0) is 25.7 Å². The Labute approximate surface area is 198 Å². The normalized spacial score (nSPS) is 10.4. The Balaban J connectivity index is 4.87. The predicted molar refractivity (Wildman–Crippen MR) is 113 cm³/mol. The molecular weight excluding hydrogens is 456 g/mol. The SMILES string of the molecule is CCCC(=O)OC(OC(=O)CCC)OC(=O)CCC(=O)OC(OC(=O)CCC)OC(=O)CCC. The quantitative estimate of drug-likeness (QED) is 0.217. The Bertz CT molecular complexity index is 589. The smallest absolute Gasteiger partial charge is 0.390 e. The lowest BCUT2D eigenvalue weighted by atomic mass is 10.3. The zero-order valence-corrected chi connectivity index (χ0v) is 20.1. The molecule has 0 fully saturated rings. The fourth-order valence-corrected chi connectivity index (χ4v) is 2.16. The molecule has 0 saturated heterocycles. The van der Waals surface area contributed by atoms with Crippen molar-refractivity contribution in [2.45, 2.75) is 105 Å². The average molecular weight is 491 g/mol. The van der Waals surface area contributed by atoms with E-state index in [0.717, 1.165) is 0 Å². The van der Waals surface area contributed by atoms with Gasteiger partial charge in [-0.2, -0.15) is 0 Å². The van der Waals surface area contributed by atoms with Crippen LogP contribution in [0.1, 0.15) is 91.9 Å². The first-order valence-electron chi connectivity index (χ1n) is 11.3. The van der Waals surface area contributed by atoms with Crippen LogP contribution in [0.15, 0.2) is 0 Å². The van der Waals surface area contributed by atoms with Crippen molar-refractivity contribution in [3.05, 3.63) is 0 Å².